The number of carbonyl (C=O) groups excluding carboxylic acids is 1. The number of hydrogen-bond acceptors (Lipinski definition) is 4. The highest BCUT2D eigenvalue weighted by molar-refractivity contribution is 7.12. The Morgan fingerprint density at radius 2 is 2.11 bits per heavy atom. The molecular weight excluding hydrogens is 260 g/mol. The maximum atomic E-state index is 12.5. The summed E-state index contributed by atoms with van der Waals surface area (Å²) in [6.07, 6.45) is 0.980. The highest BCUT2D eigenvalue weighted by atomic mass is 32.1. The molecule has 106 valence electrons. The molecule has 0 saturated carbocycles. The Morgan fingerprint density at radius 3 is 2.74 bits per heavy atom. The molecule has 0 aromatic carbocycles. The SMILES string of the molecule is Cc1cc(C(=O)N2CCCN(CCO)CC2)c(C)s1. The van der Waals surface area contributed by atoms with E-state index in [1.54, 1.807) is 11.3 Å². The molecule has 2 heterocycles. The van der Waals surface area contributed by atoms with E-state index < -0.39 is 0 Å². The van der Waals surface area contributed by atoms with Crippen molar-refractivity contribution in [3.05, 3.63) is 21.4 Å². The van der Waals surface area contributed by atoms with Gasteiger partial charge in [-0.15, -0.1) is 11.3 Å². The van der Waals surface area contributed by atoms with Crippen molar-refractivity contribution in [1.29, 1.82) is 0 Å². The fourth-order valence-corrected chi connectivity index (χ4v) is 3.47. The second-order valence-corrected chi connectivity index (χ2v) is 6.50. The minimum Gasteiger partial charge on any atom is -0.395 e. The van der Waals surface area contributed by atoms with Crippen LogP contribution in [0.2, 0.25) is 0 Å². The molecule has 1 amide bonds. The van der Waals surface area contributed by atoms with E-state index >= 15 is 0 Å². The number of rotatable bonds is 3. The van der Waals surface area contributed by atoms with Crippen LogP contribution in [0.25, 0.3) is 0 Å². The monoisotopic (exact) mass is 282 g/mol. The van der Waals surface area contributed by atoms with E-state index in [1.807, 2.05) is 24.8 Å². The van der Waals surface area contributed by atoms with Crippen LogP contribution in [0.1, 0.15) is 26.5 Å². The van der Waals surface area contributed by atoms with Crippen LogP contribution in [0.4, 0.5) is 0 Å². The molecule has 5 heteroatoms. The quantitative estimate of drug-likeness (QED) is 0.914. The van der Waals surface area contributed by atoms with Crippen molar-refractivity contribution in [3.63, 3.8) is 0 Å². The van der Waals surface area contributed by atoms with Crippen molar-refractivity contribution >= 4 is 17.2 Å². The highest BCUT2D eigenvalue weighted by Crippen LogP contribution is 2.22. The van der Waals surface area contributed by atoms with Crippen molar-refractivity contribution in [1.82, 2.24) is 9.80 Å². The molecule has 4 nitrogen and oxygen atoms in total. The van der Waals surface area contributed by atoms with E-state index in [2.05, 4.69) is 4.90 Å². The third-order valence-corrected chi connectivity index (χ3v) is 4.53. The normalized spacial score (nSPS) is 17.5. The van der Waals surface area contributed by atoms with Gasteiger partial charge in [0.1, 0.15) is 0 Å². The molecule has 1 aromatic rings. The Kier molecular flexibility index (Phi) is 4.96. The first-order valence-electron chi connectivity index (χ1n) is 6.81. The van der Waals surface area contributed by atoms with E-state index in [0.717, 1.165) is 43.0 Å². The molecule has 1 fully saturated rings. The number of amides is 1. The molecule has 19 heavy (non-hydrogen) atoms. The van der Waals surface area contributed by atoms with Crippen LogP contribution in [-0.2, 0) is 0 Å². The van der Waals surface area contributed by atoms with Gasteiger partial charge in [0.15, 0.2) is 0 Å². The summed E-state index contributed by atoms with van der Waals surface area (Å²) in [4.78, 5) is 19.0. The maximum absolute atomic E-state index is 12.5. The van der Waals surface area contributed by atoms with Gasteiger partial charge >= 0.3 is 0 Å². The summed E-state index contributed by atoms with van der Waals surface area (Å²) in [6.45, 7) is 8.35. The van der Waals surface area contributed by atoms with Gasteiger partial charge in [0.25, 0.3) is 5.91 Å². The predicted octanol–water partition coefficient (Wildman–Crippen LogP) is 1.51. The van der Waals surface area contributed by atoms with Crippen molar-refractivity contribution in [2.24, 2.45) is 0 Å². The van der Waals surface area contributed by atoms with E-state index in [-0.39, 0.29) is 12.5 Å². The van der Waals surface area contributed by atoms with E-state index in [9.17, 15) is 4.79 Å². The molecule has 1 saturated heterocycles. The van der Waals surface area contributed by atoms with E-state index in [1.165, 1.54) is 4.88 Å². The molecule has 1 aromatic heterocycles. The van der Waals surface area contributed by atoms with Gasteiger partial charge in [0.05, 0.1) is 12.2 Å². The largest absolute Gasteiger partial charge is 0.395 e. The second kappa shape index (κ2) is 6.50. The molecular formula is C14H22N2O2S. The number of aliphatic hydroxyl groups excluding tert-OH is 1. The molecule has 0 bridgehead atoms. The van der Waals surface area contributed by atoms with Gasteiger partial charge in [0, 0.05) is 35.9 Å². The lowest BCUT2D eigenvalue weighted by Gasteiger charge is -2.21. The number of aliphatic hydroxyl groups is 1. The van der Waals surface area contributed by atoms with Crippen LogP contribution < -0.4 is 0 Å². The fraction of sp³-hybridized carbons (Fsp3) is 0.643. The minimum absolute atomic E-state index is 0.160. The van der Waals surface area contributed by atoms with Gasteiger partial charge < -0.3 is 10.0 Å². The molecule has 0 unspecified atom stereocenters. The van der Waals surface area contributed by atoms with Gasteiger partial charge in [-0.05, 0) is 32.9 Å². The Balaban J connectivity index is 2.02. The zero-order chi connectivity index (χ0) is 13.8. The molecule has 0 radical (unpaired) electrons. The fourth-order valence-electron chi connectivity index (χ4n) is 2.55. The maximum Gasteiger partial charge on any atom is 0.255 e. The van der Waals surface area contributed by atoms with E-state index in [0.29, 0.717) is 6.54 Å². The van der Waals surface area contributed by atoms with Crippen LogP contribution in [-0.4, -0.2) is 60.1 Å². The number of aryl methyl sites for hydroxylation is 2. The Labute approximate surface area is 118 Å². The van der Waals surface area contributed by atoms with Crippen LogP contribution >= 0.6 is 11.3 Å². The highest BCUT2D eigenvalue weighted by Gasteiger charge is 2.22. The lowest BCUT2D eigenvalue weighted by Crippen LogP contribution is -2.36. The first-order valence-corrected chi connectivity index (χ1v) is 7.63. The molecule has 2 rings (SSSR count). The summed E-state index contributed by atoms with van der Waals surface area (Å²) in [5, 5.41) is 8.98. The van der Waals surface area contributed by atoms with Crippen molar-refractivity contribution in [2.45, 2.75) is 20.3 Å². The molecule has 0 atom stereocenters. The van der Waals surface area contributed by atoms with Crippen LogP contribution in [0.15, 0.2) is 6.07 Å². The Morgan fingerprint density at radius 1 is 1.32 bits per heavy atom. The molecule has 0 aliphatic carbocycles. The third kappa shape index (κ3) is 3.55. The number of β-amino-alcohol motifs (C(OH)–C–C–N with tert-alkyl or cyclic N) is 1. The van der Waals surface area contributed by atoms with Crippen molar-refractivity contribution in [2.75, 3.05) is 39.3 Å². The lowest BCUT2D eigenvalue weighted by molar-refractivity contribution is 0.0760. The van der Waals surface area contributed by atoms with Crippen molar-refractivity contribution < 1.29 is 9.90 Å². The van der Waals surface area contributed by atoms with Crippen molar-refractivity contribution in [3.8, 4) is 0 Å². The Bertz CT molecular complexity index is 445. The standard InChI is InChI=1S/C14H22N2O2S/c1-11-10-13(12(2)19-11)14(18)16-5-3-4-15(6-7-16)8-9-17/h10,17H,3-9H2,1-2H3. The summed E-state index contributed by atoms with van der Waals surface area (Å²) in [5.74, 6) is 0.160. The average molecular weight is 282 g/mol. The average Bonchev–Trinajstić information content (AvgIpc) is 2.59. The van der Waals surface area contributed by atoms with E-state index in [4.69, 9.17) is 5.11 Å². The summed E-state index contributed by atoms with van der Waals surface area (Å²) in [7, 11) is 0. The predicted molar refractivity (Wildman–Crippen MR) is 77.8 cm³/mol. The summed E-state index contributed by atoms with van der Waals surface area (Å²) >= 11 is 1.68. The first kappa shape index (κ1) is 14.5. The third-order valence-electron chi connectivity index (χ3n) is 3.56. The number of nitrogens with zero attached hydrogens (tertiary/aromatic N) is 2. The van der Waals surface area contributed by atoms with Gasteiger partial charge in [-0.2, -0.15) is 0 Å². The molecule has 0 spiro atoms. The molecule has 1 aliphatic heterocycles. The van der Waals surface area contributed by atoms with Gasteiger partial charge in [-0.25, -0.2) is 0 Å². The minimum atomic E-state index is 0.160. The van der Waals surface area contributed by atoms with Crippen LogP contribution in [0.3, 0.4) is 0 Å². The smallest absolute Gasteiger partial charge is 0.255 e. The zero-order valence-electron chi connectivity index (χ0n) is 11.7. The van der Waals surface area contributed by atoms with Crippen LogP contribution in [0.5, 0.6) is 0 Å². The Hall–Kier alpha value is -0.910. The number of thiophene rings is 1. The molecule has 1 N–H and O–H groups in total. The second-order valence-electron chi connectivity index (χ2n) is 5.04. The molecule has 1 aliphatic rings. The van der Waals surface area contributed by atoms with Gasteiger partial charge in [0.2, 0.25) is 0 Å². The lowest BCUT2D eigenvalue weighted by atomic mass is 10.2. The summed E-state index contributed by atoms with van der Waals surface area (Å²) in [5.41, 5.74) is 0.859. The zero-order valence-corrected chi connectivity index (χ0v) is 12.5. The van der Waals surface area contributed by atoms with Gasteiger partial charge in [-0.3, -0.25) is 9.69 Å². The first-order chi connectivity index (χ1) is 9.11. The number of hydrogen-bond donors (Lipinski definition) is 1. The summed E-state index contributed by atoms with van der Waals surface area (Å²) < 4.78 is 0. The van der Waals surface area contributed by atoms with Crippen LogP contribution in [0, 0.1) is 13.8 Å². The number of carbonyl (C=O) groups is 1. The topological polar surface area (TPSA) is 43.8 Å². The summed E-state index contributed by atoms with van der Waals surface area (Å²) in [6, 6.07) is 2.00. The van der Waals surface area contributed by atoms with Gasteiger partial charge in [-0.1, -0.05) is 0 Å².